The van der Waals surface area contributed by atoms with Crippen LogP contribution in [0.1, 0.15) is 54.4 Å². The Balaban J connectivity index is 3.27. The van der Waals surface area contributed by atoms with Gasteiger partial charge in [0.2, 0.25) is 0 Å². The van der Waals surface area contributed by atoms with Crippen molar-refractivity contribution in [2.75, 3.05) is 0 Å². The van der Waals surface area contributed by atoms with Gasteiger partial charge in [0.25, 0.3) is 0 Å². The molecule has 5 nitrogen and oxygen atoms in total. The molecular formula is C20H30O5. The third-order valence-corrected chi connectivity index (χ3v) is 4.76. The lowest BCUT2D eigenvalue weighted by Gasteiger charge is -2.30. The minimum absolute atomic E-state index is 0.0700. The van der Waals surface area contributed by atoms with Crippen molar-refractivity contribution in [3.63, 3.8) is 0 Å². The van der Waals surface area contributed by atoms with Crippen LogP contribution in [0.15, 0.2) is 23.8 Å². The van der Waals surface area contributed by atoms with Crippen molar-refractivity contribution in [2.45, 2.75) is 66.1 Å². The van der Waals surface area contributed by atoms with Crippen LogP contribution < -0.4 is 0 Å². The number of Topliss-reactive ketones (excluding diaryl/α,β-unsaturated/α-hetero) is 1. The summed E-state index contributed by atoms with van der Waals surface area (Å²) in [6.07, 6.45) is 4.33. The van der Waals surface area contributed by atoms with E-state index in [1.54, 1.807) is 40.7 Å². The minimum Gasteiger partial charge on any atom is -0.459 e. The number of hydrogen-bond donors (Lipinski definition) is 1. The predicted octanol–water partition coefficient (Wildman–Crippen LogP) is 3.01. The highest BCUT2D eigenvalue weighted by Gasteiger charge is 2.34. The molecule has 0 fully saturated rings. The van der Waals surface area contributed by atoms with E-state index >= 15 is 0 Å². The summed E-state index contributed by atoms with van der Waals surface area (Å²) in [4.78, 5) is 37.0. The summed E-state index contributed by atoms with van der Waals surface area (Å²) in [5.41, 5.74) is -0.929. The molecular weight excluding hydrogens is 320 g/mol. The van der Waals surface area contributed by atoms with Gasteiger partial charge >= 0.3 is 5.97 Å². The molecule has 0 saturated heterocycles. The molecule has 0 aromatic heterocycles. The van der Waals surface area contributed by atoms with Gasteiger partial charge in [-0.2, -0.15) is 0 Å². The highest BCUT2D eigenvalue weighted by atomic mass is 16.6. The Labute approximate surface area is 150 Å². The average molecular weight is 350 g/mol. The molecule has 0 radical (unpaired) electrons. The molecule has 25 heavy (non-hydrogen) atoms. The van der Waals surface area contributed by atoms with Crippen LogP contribution >= 0.6 is 0 Å². The SMILES string of the molecule is CC[C@@H]1OC(=O)[C@H](C)C[C@H](C)C(=O)/C(C)=C\[C@H](C)C(=O)/C=C\[C@@]1(C)O. The first kappa shape index (κ1) is 21.3. The van der Waals surface area contributed by atoms with Crippen LogP contribution in [-0.4, -0.2) is 34.3 Å². The molecule has 0 unspecified atom stereocenters. The zero-order valence-corrected chi connectivity index (χ0v) is 16.0. The zero-order valence-electron chi connectivity index (χ0n) is 16.0. The maximum atomic E-state index is 12.5. The molecule has 0 bridgehead atoms. The summed E-state index contributed by atoms with van der Waals surface area (Å²) in [7, 11) is 0. The number of cyclic esters (lactones) is 1. The molecule has 5 heteroatoms. The Morgan fingerprint density at radius 2 is 1.80 bits per heavy atom. The Bertz CT molecular complexity index is 585. The molecule has 0 spiro atoms. The van der Waals surface area contributed by atoms with E-state index in [2.05, 4.69) is 0 Å². The van der Waals surface area contributed by atoms with Crippen LogP contribution in [0.2, 0.25) is 0 Å². The quantitative estimate of drug-likeness (QED) is 0.735. The van der Waals surface area contributed by atoms with E-state index < -0.39 is 29.5 Å². The fourth-order valence-corrected chi connectivity index (χ4v) is 3.04. The second kappa shape index (κ2) is 8.56. The summed E-state index contributed by atoms with van der Waals surface area (Å²) in [5, 5.41) is 10.6. The Hall–Kier alpha value is -1.75. The third kappa shape index (κ3) is 5.63. The van der Waals surface area contributed by atoms with Crippen molar-refractivity contribution in [1.82, 2.24) is 0 Å². The van der Waals surface area contributed by atoms with Crippen molar-refractivity contribution in [2.24, 2.45) is 17.8 Å². The summed E-state index contributed by atoms with van der Waals surface area (Å²) >= 11 is 0. The van der Waals surface area contributed by atoms with E-state index in [1.165, 1.54) is 19.1 Å². The van der Waals surface area contributed by atoms with Crippen molar-refractivity contribution >= 4 is 17.5 Å². The van der Waals surface area contributed by atoms with Crippen LogP contribution in [0.25, 0.3) is 0 Å². The molecule has 0 amide bonds. The van der Waals surface area contributed by atoms with Gasteiger partial charge in [0, 0.05) is 11.8 Å². The number of ether oxygens (including phenoxy) is 1. The summed E-state index contributed by atoms with van der Waals surface area (Å²) in [5.74, 6) is -2.00. The van der Waals surface area contributed by atoms with E-state index in [4.69, 9.17) is 4.74 Å². The molecule has 0 aromatic rings. The number of esters is 1. The summed E-state index contributed by atoms with van der Waals surface area (Å²) in [6.45, 7) is 10.2. The van der Waals surface area contributed by atoms with Gasteiger partial charge in [0.1, 0.15) is 11.7 Å². The lowest BCUT2D eigenvalue weighted by Crippen LogP contribution is -2.41. The van der Waals surface area contributed by atoms with Crippen molar-refractivity contribution in [1.29, 1.82) is 0 Å². The molecule has 1 aliphatic rings. The molecule has 1 rings (SSSR count). The number of carbonyl (C=O) groups is 3. The van der Waals surface area contributed by atoms with Gasteiger partial charge in [-0.05, 0) is 44.4 Å². The number of carbonyl (C=O) groups excluding carboxylic acids is 3. The first-order valence-corrected chi connectivity index (χ1v) is 8.88. The predicted molar refractivity (Wildman–Crippen MR) is 95.8 cm³/mol. The number of allylic oxidation sites excluding steroid dienone is 3. The lowest BCUT2D eigenvalue weighted by atomic mass is 9.88. The van der Waals surface area contributed by atoms with E-state index in [0.29, 0.717) is 18.4 Å². The summed E-state index contributed by atoms with van der Waals surface area (Å²) in [6, 6.07) is 0. The smallest absolute Gasteiger partial charge is 0.309 e. The molecule has 1 N–H and O–H groups in total. The maximum absolute atomic E-state index is 12.5. The Morgan fingerprint density at radius 3 is 2.36 bits per heavy atom. The van der Waals surface area contributed by atoms with Crippen LogP contribution in [0.5, 0.6) is 0 Å². The van der Waals surface area contributed by atoms with Crippen molar-refractivity contribution in [3.8, 4) is 0 Å². The van der Waals surface area contributed by atoms with Gasteiger partial charge in [-0.1, -0.05) is 33.8 Å². The van der Waals surface area contributed by atoms with Crippen LogP contribution in [0, 0.1) is 17.8 Å². The fourth-order valence-electron chi connectivity index (χ4n) is 3.04. The van der Waals surface area contributed by atoms with Gasteiger partial charge in [0.05, 0.1) is 5.92 Å². The normalized spacial score (nSPS) is 39.2. The topological polar surface area (TPSA) is 80.7 Å². The van der Waals surface area contributed by atoms with Gasteiger partial charge in [-0.15, -0.1) is 0 Å². The van der Waals surface area contributed by atoms with Gasteiger partial charge in [0.15, 0.2) is 11.6 Å². The maximum Gasteiger partial charge on any atom is 0.309 e. The molecule has 0 saturated carbocycles. The van der Waals surface area contributed by atoms with E-state index in [0.717, 1.165) is 0 Å². The van der Waals surface area contributed by atoms with Gasteiger partial charge in [-0.25, -0.2) is 0 Å². The monoisotopic (exact) mass is 350 g/mol. The zero-order chi connectivity index (χ0) is 19.4. The van der Waals surface area contributed by atoms with Crippen molar-refractivity contribution in [3.05, 3.63) is 23.8 Å². The van der Waals surface area contributed by atoms with Gasteiger partial charge in [-0.3, -0.25) is 14.4 Å². The molecule has 140 valence electrons. The number of aliphatic hydroxyl groups is 1. The first-order chi connectivity index (χ1) is 11.5. The largest absolute Gasteiger partial charge is 0.459 e. The second-order valence-electron chi connectivity index (χ2n) is 7.34. The Morgan fingerprint density at radius 1 is 1.20 bits per heavy atom. The highest BCUT2D eigenvalue weighted by Crippen LogP contribution is 2.24. The number of ketones is 2. The van der Waals surface area contributed by atoms with Crippen LogP contribution in [0.3, 0.4) is 0 Å². The van der Waals surface area contributed by atoms with Crippen LogP contribution in [0.4, 0.5) is 0 Å². The van der Waals surface area contributed by atoms with Crippen LogP contribution in [-0.2, 0) is 19.1 Å². The molecule has 0 aliphatic carbocycles. The standard InChI is InChI=1S/C20H30O5/c1-7-17-20(6,24)9-8-16(21)12(2)10-13(3)18(22)14(4)11-15(5)19(23)25-17/h8-10,12,14-15,17,24H,7,11H2,1-6H3/b9-8-,13-10-/t12-,14-,15+,17-,20+/m0/s1. The molecule has 1 heterocycles. The third-order valence-electron chi connectivity index (χ3n) is 4.76. The first-order valence-electron chi connectivity index (χ1n) is 8.88. The van der Waals surface area contributed by atoms with Gasteiger partial charge < -0.3 is 9.84 Å². The number of rotatable bonds is 1. The molecule has 5 atom stereocenters. The fraction of sp³-hybridized carbons (Fsp3) is 0.650. The molecule has 0 aromatic carbocycles. The number of hydrogen-bond acceptors (Lipinski definition) is 5. The lowest BCUT2D eigenvalue weighted by molar-refractivity contribution is -0.164. The Kier molecular flexibility index (Phi) is 7.29. The van der Waals surface area contributed by atoms with E-state index in [1.807, 2.05) is 0 Å². The average Bonchev–Trinajstić information content (AvgIpc) is 2.55. The van der Waals surface area contributed by atoms with E-state index in [-0.39, 0.29) is 17.5 Å². The second-order valence-corrected chi connectivity index (χ2v) is 7.34. The summed E-state index contributed by atoms with van der Waals surface area (Å²) < 4.78 is 5.47. The van der Waals surface area contributed by atoms with Crippen molar-refractivity contribution < 1.29 is 24.2 Å². The molecule has 1 aliphatic heterocycles. The van der Waals surface area contributed by atoms with E-state index in [9.17, 15) is 19.5 Å². The minimum atomic E-state index is -1.44. The highest BCUT2D eigenvalue weighted by molar-refractivity contribution is 5.99.